The number of nitrogens with zero attached hydrogens (tertiary/aromatic N) is 1. The highest BCUT2D eigenvalue weighted by Gasteiger charge is 2.20. The molecule has 4 nitrogen and oxygen atoms in total. The maximum atomic E-state index is 12.0. The predicted octanol–water partition coefficient (Wildman–Crippen LogP) is 3.75. The number of benzene rings is 2. The van der Waals surface area contributed by atoms with Gasteiger partial charge < -0.3 is 14.4 Å². The van der Waals surface area contributed by atoms with Crippen LogP contribution in [0, 0.1) is 0 Å². The van der Waals surface area contributed by atoms with Gasteiger partial charge in [-0.15, -0.1) is 0 Å². The topological polar surface area (TPSA) is 38.8 Å². The normalized spacial score (nSPS) is 14.5. The summed E-state index contributed by atoms with van der Waals surface area (Å²) in [4.78, 5) is 14.1. The summed E-state index contributed by atoms with van der Waals surface area (Å²) in [6.45, 7) is 1.48. The number of carbonyl (C=O) groups is 1. The Morgan fingerprint density at radius 3 is 2.76 bits per heavy atom. The van der Waals surface area contributed by atoms with E-state index in [4.69, 9.17) is 9.47 Å². The number of methoxy groups -OCH3 is 1. The van der Waals surface area contributed by atoms with E-state index >= 15 is 0 Å². The van der Waals surface area contributed by atoms with Crippen molar-refractivity contribution < 1.29 is 14.3 Å². The van der Waals surface area contributed by atoms with E-state index in [9.17, 15) is 4.79 Å². The quantitative estimate of drug-likeness (QED) is 0.797. The van der Waals surface area contributed by atoms with Crippen LogP contribution in [0.15, 0.2) is 48.5 Å². The molecule has 1 heterocycles. The van der Waals surface area contributed by atoms with Gasteiger partial charge in [-0.2, -0.15) is 0 Å². The van der Waals surface area contributed by atoms with E-state index in [0.717, 1.165) is 41.0 Å². The van der Waals surface area contributed by atoms with E-state index < -0.39 is 0 Å². The lowest BCUT2D eigenvalue weighted by Gasteiger charge is -2.13. The number of esters is 1. The third-order valence-electron chi connectivity index (χ3n) is 4.31. The van der Waals surface area contributed by atoms with Gasteiger partial charge >= 0.3 is 5.97 Å². The fourth-order valence-electron chi connectivity index (χ4n) is 3.01. The molecule has 1 aliphatic rings. The van der Waals surface area contributed by atoms with E-state index in [1.165, 1.54) is 7.11 Å². The van der Waals surface area contributed by atoms with E-state index in [1.807, 2.05) is 24.3 Å². The molecule has 2 aromatic carbocycles. The molecule has 25 heavy (non-hydrogen) atoms. The number of hydrogen-bond acceptors (Lipinski definition) is 4. The fourth-order valence-corrected chi connectivity index (χ4v) is 3.01. The average Bonchev–Trinajstić information content (AvgIpc) is 2.78. The molecule has 0 radical (unpaired) electrons. The SMILES string of the molecule is COC(=O)c1ccc2c(c1)C(=CCCN(C)C)c1ccccc1CO2. The van der Waals surface area contributed by atoms with Gasteiger partial charge in [-0.1, -0.05) is 30.3 Å². The Morgan fingerprint density at radius 2 is 2.00 bits per heavy atom. The highest BCUT2D eigenvalue weighted by Crippen LogP contribution is 2.37. The van der Waals surface area contributed by atoms with Crippen molar-refractivity contribution in [2.45, 2.75) is 13.0 Å². The number of carbonyl (C=O) groups excluding carboxylic acids is 1. The van der Waals surface area contributed by atoms with Crippen molar-refractivity contribution in [3.63, 3.8) is 0 Å². The molecule has 0 N–H and O–H groups in total. The molecule has 0 amide bonds. The molecular weight excluding hydrogens is 314 g/mol. The maximum Gasteiger partial charge on any atom is 0.337 e. The van der Waals surface area contributed by atoms with E-state index in [2.05, 4.69) is 37.2 Å². The summed E-state index contributed by atoms with van der Waals surface area (Å²) in [5, 5.41) is 0. The first-order chi connectivity index (χ1) is 12.1. The predicted molar refractivity (Wildman–Crippen MR) is 98.8 cm³/mol. The van der Waals surface area contributed by atoms with Crippen molar-refractivity contribution in [3.8, 4) is 5.75 Å². The lowest BCUT2D eigenvalue weighted by atomic mass is 9.92. The molecule has 4 heteroatoms. The molecule has 2 aromatic rings. The molecule has 0 saturated carbocycles. The number of rotatable bonds is 4. The molecule has 0 fully saturated rings. The molecule has 0 aliphatic carbocycles. The Kier molecular flexibility index (Phi) is 5.19. The van der Waals surface area contributed by atoms with Crippen molar-refractivity contribution in [1.29, 1.82) is 0 Å². The monoisotopic (exact) mass is 337 g/mol. The van der Waals surface area contributed by atoms with Crippen LogP contribution in [0.4, 0.5) is 0 Å². The molecule has 130 valence electrons. The lowest BCUT2D eigenvalue weighted by Crippen LogP contribution is -2.12. The van der Waals surface area contributed by atoms with Gasteiger partial charge in [-0.05, 0) is 55.4 Å². The molecule has 1 aliphatic heterocycles. The van der Waals surface area contributed by atoms with Crippen LogP contribution in [0.25, 0.3) is 5.57 Å². The van der Waals surface area contributed by atoms with Crippen LogP contribution in [0.2, 0.25) is 0 Å². The summed E-state index contributed by atoms with van der Waals surface area (Å²) in [5.74, 6) is 0.452. The Labute approximate surface area is 148 Å². The molecule has 0 atom stereocenters. The number of fused-ring (bicyclic) bond motifs is 2. The van der Waals surface area contributed by atoms with Crippen LogP contribution in [0.5, 0.6) is 5.75 Å². The van der Waals surface area contributed by atoms with Crippen LogP contribution in [0.1, 0.15) is 33.5 Å². The summed E-state index contributed by atoms with van der Waals surface area (Å²) >= 11 is 0. The first kappa shape index (κ1) is 17.2. The van der Waals surface area contributed by atoms with Gasteiger partial charge in [-0.3, -0.25) is 0 Å². The standard InChI is InChI=1S/C21H23NO3/c1-22(2)12-6-9-18-17-8-5-4-7-16(17)14-25-20-11-10-15(13-19(18)20)21(23)24-3/h4-5,7-11,13H,6,12,14H2,1-3H3. The van der Waals surface area contributed by atoms with Crippen LogP contribution >= 0.6 is 0 Å². The van der Waals surface area contributed by atoms with Crippen LogP contribution < -0.4 is 4.74 Å². The molecule has 0 bridgehead atoms. The van der Waals surface area contributed by atoms with Gasteiger partial charge in [0.1, 0.15) is 12.4 Å². The van der Waals surface area contributed by atoms with Crippen molar-refractivity contribution in [2.75, 3.05) is 27.7 Å². The van der Waals surface area contributed by atoms with Gasteiger partial charge in [0.2, 0.25) is 0 Å². The summed E-state index contributed by atoms with van der Waals surface area (Å²) in [7, 11) is 5.52. The Bertz CT molecular complexity index is 809. The molecule has 3 rings (SSSR count). The molecular formula is C21H23NO3. The minimum Gasteiger partial charge on any atom is -0.488 e. The molecule has 0 saturated heterocycles. The maximum absolute atomic E-state index is 12.0. The zero-order chi connectivity index (χ0) is 17.8. The summed E-state index contributed by atoms with van der Waals surface area (Å²) in [5.41, 5.74) is 4.88. The zero-order valence-electron chi connectivity index (χ0n) is 14.9. The van der Waals surface area contributed by atoms with Gasteiger partial charge in [0, 0.05) is 12.1 Å². The molecule has 0 aromatic heterocycles. The molecule has 0 unspecified atom stereocenters. The van der Waals surface area contributed by atoms with Crippen molar-refractivity contribution in [1.82, 2.24) is 4.90 Å². The van der Waals surface area contributed by atoms with Crippen LogP contribution in [-0.2, 0) is 11.3 Å². The third kappa shape index (κ3) is 3.74. The Hall–Kier alpha value is -2.59. The zero-order valence-corrected chi connectivity index (χ0v) is 14.9. The average molecular weight is 337 g/mol. The van der Waals surface area contributed by atoms with Crippen molar-refractivity contribution in [2.24, 2.45) is 0 Å². The van der Waals surface area contributed by atoms with Gasteiger partial charge in [-0.25, -0.2) is 4.79 Å². The molecule has 0 spiro atoms. The first-order valence-corrected chi connectivity index (χ1v) is 8.39. The summed E-state index contributed by atoms with van der Waals surface area (Å²) < 4.78 is 10.9. The Balaban J connectivity index is 2.11. The van der Waals surface area contributed by atoms with E-state index in [0.29, 0.717) is 12.2 Å². The Morgan fingerprint density at radius 1 is 1.20 bits per heavy atom. The van der Waals surface area contributed by atoms with Crippen LogP contribution in [0.3, 0.4) is 0 Å². The van der Waals surface area contributed by atoms with Crippen LogP contribution in [-0.4, -0.2) is 38.6 Å². The number of hydrogen-bond donors (Lipinski definition) is 0. The minimum absolute atomic E-state index is 0.340. The third-order valence-corrected chi connectivity index (χ3v) is 4.31. The number of ether oxygens (including phenoxy) is 2. The first-order valence-electron chi connectivity index (χ1n) is 8.39. The van der Waals surface area contributed by atoms with Gasteiger partial charge in [0.05, 0.1) is 12.7 Å². The van der Waals surface area contributed by atoms with Crippen molar-refractivity contribution in [3.05, 3.63) is 70.8 Å². The lowest BCUT2D eigenvalue weighted by molar-refractivity contribution is 0.0600. The summed E-state index contributed by atoms with van der Waals surface area (Å²) in [6, 6.07) is 13.7. The van der Waals surface area contributed by atoms with Gasteiger partial charge in [0.25, 0.3) is 0 Å². The second-order valence-electron chi connectivity index (χ2n) is 6.36. The van der Waals surface area contributed by atoms with Gasteiger partial charge in [0.15, 0.2) is 0 Å². The van der Waals surface area contributed by atoms with Crippen molar-refractivity contribution >= 4 is 11.5 Å². The highest BCUT2D eigenvalue weighted by molar-refractivity contribution is 5.93. The smallest absolute Gasteiger partial charge is 0.337 e. The minimum atomic E-state index is -0.340. The second kappa shape index (κ2) is 7.53. The van der Waals surface area contributed by atoms with E-state index in [1.54, 1.807) is 6.07 Å². The largest absolute Gasteiger partial charge is 0.488 e. The highest BCUT2D eigenvalue weighted by atomic mass is 16.5. The fraction of sp³-hybridized carbons (Fsp3) is 0.286. The summed E-state index contributed by atoms with van der Waals surface area (Å²) in [6.07, 6.45) is 3.14. The van der Waals surface area contributed by atoms with E-state index in [-0.39, 0.29) is 5.97 Å². The second-order valence-corrected chi connectivity index (χ2v) is 6.36.